The molecule has 1 N–H and O–H groups in total. The zero-order valence-electron chi connectivity index (χ0n) is 40.7. The molecule has 0 radical (unpaired) electrons. The molecular formula is C71H56BrN3. The van der Waals surface area contributed by atoms with Crippen molar-refractivity contribution >= 4 is 72.2 Å². The maximum atomic E-state index is 3.58. The van der Waals surface area contributed by atoms with Crippen LogP contribution in [0.15, 0.2) is 314 Å². The van der Waals surface area contributed by atoms with Crippen molar-refractivity contribution in [1.29, 1.82) is 0 Å². The number of rotatable bonds is 12. The number of benzene rings is 12. The van der Waals surface area contributed by atoms with Crippen molar-refractivity contribution in [3.8, 4) is 44.5 Å². The van der Waals surface area contributed by atoms with E-state index in [2.05, 4.69) is 328 Å². The molecule has 0 unspecified atom stereocenters. The van der Waals surface area contributed by atoms with Gasteiger partial charge in [-0.15, -0.1) is 0 Å². The molecule has 0 amide bonds. The minimum Gasteiger partial charge on any atom is -0.356 e. The zero-order chi connectivity index (χ0) is 49.9. The van der Waals surface area contributed by atoms with Gasteiger partial charge in [0.2, 0.25) is 0 Å². The minimum atomic E-state index is 0. The van der Waals surface area contributed by atoms with Crippen LogP contribution in [0.2, 0.25) is 0 Å². The first kappa shape index (κ1) is 49.4. The molecule has 75 heavy (non-hydrogen) atoms. The lowest BCUT2D eigenvalue weighted by Crippen LogP contribution is -2.09. The SMILES string of the molecule is Brc1cccc2ccccc12.C.c1ccc(N(c2ccccc2)c2ccc(-c3ccc(-c4ccc(Nc5ccc(-c6ccc(-c7ccc(N(c8ccccc8)c8ccccc8)cc7)cc6)cc5)cc4)cc3)cc2)cc1. The first-order valence-corrected chi connectivity index (χ1v) is 25.7. The number of nitrogens with zero attached hydrogens (tertiary/aromatic N) is 2. The maximum Gasteiger partial charge on any atom is 0.0462 e. The molecule has 0 fully saturated rings. The summed E-state index contributed by atoms with van der Waals surface area (Å²) in [6.07, 6.45) is 0. The molecule has 0 aliphatic rings. The first-order valence-electron chi connectivity index (χ1n) is 24.9. The highest BCUT2D eigenvalue weighted by Gasteiger charge is 2.14. The van der Waals surface area contributed by atoms with Crippen molar-refractivity contribution in [1.82, 2.24) is 0 Å². The fourth-order valence-electron chi connectivity index (χ4n) is 9.36. The largest absolute Gasteiger partial charge is 0.356 e. The van der Waals surface area contributed by atoms with Crippen molar-refractivity contribution in [3.05, 3.63) is 314 Å². The Bertz CT molecular complexity index is 3390. The van der Waals surface area contributed by atoms with Gasteiger partial charge in [-0.1, -0.05) is 230 Å². The lowest BCUT2D eigenvalue weighted by molar-refractivity contribution is 1.28. The van der Waals surface area contributed by atoms with Gasteiger partial charge in [0, 0.05) is 50.0 Å². The molecule has 0 saturated carbocycles. The molecule has 0 aliphatic carbocycles. The number of hydrogen-bond donors (Lipinski definition) is 1. The highest BCUT2D eigenvalue weighted by Crippen LogP contribution is 2.38. The summed E-state index contributed by atoms with van der Waals surface area (Å²) in [7, 11) is 0. The fourth-order valence-corrected chi connectivity index (χ4v) is 9.88. The Kier molecular flexibility index (Phi) is 15.5. The van der Waals surface area contributed by atoms with Crippen molar-refractivity contribution in [2.45, 2.75) is 7.43 Å². The Morgan fingerprint density at radius 2 is 0.467 bits per heavy atom. The van der Waals surface area contributed by atoms with Crippen LogP contribution in [0, 0.1) is 0 Å². The molecule has 0 aliphatic heterocycles. The third-order valence-corrected chi connectivity index (χ3v) is 13.9. The highest BCUT2D eigenvalue weighted by atomic mass is 79.9. The van der Waals surface area contributed by atoms with Gasteiger partial charge in [0.05, 0.1) is 0 Å². The summed E-state index contributed by atoms with van der Waals surface area (Å²) in [5.74, 6) is 0. The predicted octanol–water partition coefficient (Wildman–Crippen LogP) is 21.3. The van der Waals surface area contributed by atoms with Crippen molar-refractivity contribution in [2.24, 2.45) is 0 Å². The quantitative estimate of drug-likeness (QED) is 0.132. The van der Waals surface area contributed by atoms with Gasteiger partial charge in [0.25, 0.3) is 0 Å². The Morgan fingerprint density at radius 3 is 0.773 bits per heavy atom. The van der Waals surface area contributed by atoms with Crippen molar-refractivity contribution in [3.63, 3.8) is 0 Å². The van der Waals surface area contributed by atoms with Gasteiger partial charge in [-0.25, -0.2) is 0 Å². The summed E-state index contributed by atoms with van der Waals surface area (Å²) in [5, 5.41) is 6.13. The molecule has 3 nitrogen and oxygen atoms in total. The van der Waals surface area contributed by atoms with Crippen LogP contribution in [0.25, 0.3) is 55.3 Å². The van der Waals surface area contributed by atoms with Crippen LogP contribution in [-0.2, 0) is 0 Å². The van der Waals surface area contributed by atoms with Gasteiger partial charge < -0.3 is 15.1 Å². The van der Waals surface area contributed by atoms with E-state index in [9.17, 15) is 0 Å². The average Bonchev–Trinajstić information content (AvgIpc) is 3.48. The van der Waals surface area contributed by atoms with E-state index in [1.165, 1.54) is 55.3 Å². The van der Waals surface area contributed by atoms with Crippen LogP contribution in [0.1, 0.15) is 7.43 Å². The molecule has 362 valence electrons. The topological polar surface area (TPSA) is 18.5 Å². The second kappa shape index (κ2) is 23.6. The van der Waals surface area contributed by atoms with Gasteiger partial charge in [-0.2, -0.15) is 0 Å². The van der Waals surface area contributed by atoms with Gasteiger partial charge in [0.15, 0.2) is 0 Å². The number of anilines is 8. The van der Waals surface area contributed by atoms with Gasteiger partial charge in [-0.3, -0.25) is 0 Å². The Morgan fingerprint density at radius 1 is 0.227 bits per heavy atom. The van der Waals surface area contributed by atoms with Crippen LogP contribution in [0.3, 0.4) is 0 Å². The van der Waals surface area contributed by atoms with Gasteiger partial charge in [0.1, 0.15) is 0 Å². The molecule has 0 aromatic heterocycles. The van der Waals surface area contributed by atoms with E-state index in [4.69, 9.17) is 0 Å². The summed E-state index contributed by atoms with van der Waals surface area (Å²) in [6, 6.07) is 109. The molecule has 12 aromatic rings. The molecule has 12 aromatic carbocycles. The van der Waals surface area contributed by atoms with E-state index in [-0.39, 0.29) is 7.43 Å². The smallest absolute Gasteiger partial charge is 0.0462 e. The third-order valence-electron chi connectivity index (χ3n) is 13.2. The minimum absolute atomic E-state index is 0. The first-order chi connectivity index (χ1) is 36.6. The Labute approximate surface area is 450 Å². The van der Waals surface area contributed by atoms with E-state index in [0.29, 0.717) is 0 Å². The van der Waals surface area contributed by atoms with Crippen LogP contribution < -0.4 is 15.1 Å². The molecule has 0 atom stereocenters. The Balaban J connectivity index is 0.000000472. The number of halogens is 1. The van der Waals surface area contributed by atoms with Crippen molar-refractivity contribution < 1.29 is 0 Å². The second-order valence-electron chi connectivity index (χ2n) is 18.0. The van der Waals surface area contributed by atoms with Gasteiger partial charge in [-0.05, 0) is 158 Å². The summed E-state index contributed by atoms with van der Waals surface area (Å²) >= 11 is 3.50. The molecule has 0 bridgehead atoms. The standard InChI is InChI=1S/C60H45N3.C10H7Br.CH4/c1-5-13-55(14-6-1)62(56-15-7-2-8-16-56)59-41-33-51(34-42-59)47-25-21-45(22-26-47)49-29-37-53(38-30-49)61-54-39-31-50(32-40-54)46-23-27-48(28-24-46)52-35-43-60(44-36-52)63(57-17-9-3-10-18-57)58-19-11-4-12-20-58;11-10-7-3-5-8-4-1-2-6-9(8)10;/h1-44,61H;1-7H;1H4. The summed E-state index contributed by atoms with van der Waals surface area (Å²) in [6.45, 7) is 0. The van der Waals surface area contributed by atoms with E-state index in [1.807, 2.05) is 12.1 Å². The average molecular weight is 1030 g/mol. The predicted molar refractivity (Wildman–Crippen MR) is 326 cm³/mol. The van der Waals surface area contributed by atoms with Crippen LogP contribution in [0.4, 0.5) is 45.5 Å². The third kappa shape index (κ3) is 11.7. The van der Waals surface area contributed by atoms with Crippen LogP contribution in [0.5, 0.6) is 0 Å². The van der Waals surface area contributed by atoms with Gasteiger partial charge >= 0.3 is 0 Å². The fraction of sp³-hybridized carbons (Fsp3) is 0.0141. The molecule has 4 heteroatoms. The second-order valence-corrected chi connectivity index (χ2v) is 18.9. The number of nitrogens with one attached hydrogen (secondary N) is 1. The normalized spacial score (nSPS) is 10.6. The monoisotopic (exact) mass is 1030 g/mol. The van der Waals surface area contributed by atoms with Crippen LogP contribution in [-0.4, -0.2) is 0 Å². The van der Waals surface area contributed by atoms with E-state index >= 15 is 0 Å². The molecular weight excluding hydrogens is 975 g/mol. The lowest BCUT2D eigenvalue weighted by Gasteiger charge is -2.25. The zero-order valence-corrected chi connectivity index (χ0v) is 42.3. The van der Waals surface area contributed by atoms with E-state index in [0.717, 1.165) is 50.0 Å². The summed E-state index contributed by atoms with van der Waals surface area (Å²) in [5.41, 5.74) is 18.4. The van der Waals surface area contributed by atoms with E-state index in [1.54, 1.807) is 0 Å². The van der Waals surface area contributed by atoms with E-state index < -0.39 is 0 Å². The number of fused-ring (bicyclic) bond motifs is 1. The number of hydrogen-bond acceptors (Lipinski definition) is 3. The lowest BCUT2D eigenvalue weighted by atomic mass is 9.99. The van der Waals surface area contributed by atoms with Crippen LogP contribution >= 0.6 is 15.9 Å². The number of para-hydroxylation sites is 4. The maximum absolute atomic E-state index is 3.58. The molecule has 0 spiro atoms. The molecule has 0 heterocycles. The molecule has 0 saturated heterocycles. The summed E-state index contributed by atoms with van der Waals surface area (Å²) in [4.78, 5) is 4.57. The summed E-state index contributed by atoms with van der Waals surface area (Å²) < 4.78 is 1.16. The van der Waals surface area contributed by atoms with Crippen molar-refractivity contribution in [2.75, 3.05) is 15.1 Å². The highest BCUT2D eigenvalue weighted by molar-refractivity contribution is 9.10. The molecule has 12 rings (SSSR count). The Hall–Kier alpha value is -9.22.